The third kappa shape index (κ3) is 4.74. The van der Waals surface area contributed by atoms with E-state index in [4.69, 9.17) is 22.7 Å². The van der Waals surface area contributed by atoms with E-state index < -0.39 is 27.6 Å². The van der Waals surface area contributed by atoms with Crippen molar-refractivity contribution >= 4 is 45.9 Å². The van der Waals surface area contributed by atoms with Crippen molar-refractivity contribution in [1.29, 1.82) is 5.41 Å². The Bertz CT molecular complexity index is 775. The molecule has 1 aliphatic carbocycles. The molecule has 0 atom stereocenters. The van der Waals surface area contributed by atoms with Gasteiger partial charge >= 0.3 is 0 Å². The first-order valence-corrected chi connectivity index (χ1v) is 9.58. The van der Waals surface area contributed by atoms with Gasteiger partial charge in [0.05, 0.1) is 5.75 Å². The maximum Gasteiger partial charge on any atom is 0.274 e. The van der Waals surface area contributed by atoms with E-state index in [1.807, 2.05) is 0 Å². The maximum absolute atomic E-state index is 12.6. The van der Waals surface area contributed by atoms with Crippen LogP contribution >= 0.6 is 24.0 Å². The van der Waals surface area contributed by atoms with Gasteiger partial charge in [-0.25, -0.2) is 8.42 Å². The highest BCUT2D eigenvalue weighted by molar-refractivity contribution is 7.90. The average molecular weight is 406 g/mol. The molecular weight excluding hydrogens is 385 g/mol. The van der Waals surface area contributed by atoms with Gasteiger partial charge in [0.2, 0.25) is 16.0 Å². The van der Waals surface area contributed by atoms with E-state index in [1.54, 1.807) is 12.1 Å². The van der Waals surface area contributed by atoms with Crippen LogP contribution in [-0.4, -0.2) is 30.3 Å². The largest absolute Gasteiger partial charge is 0.369 e. The van der Waals surface area contributed by atoms with E-state index >= 15 is 0 Å². The highest BCUT2D eigenvalue weighted by Gasteiger charge is 2.31. The van der Waals surface area contributed by atoms with Gasteiger partial charge < -0.3 is 5.73 Å². The minimum absolute atomic E-state index is 0. The van der Waals surface area contributed by atoms with Crippen LogP contribution in [-0.2, 0) is 10.0 Å². The van der Waals surface area contributed by atoms with Gasteiger partial charge in [-0.3, -0.25) is 10.2 Å². The lowest BCUT2D eigenvalue weighted by Crippen LogP contribution is -2.46. The van der Waals surface area contributed by atoms with Crippen molar-refractivity contribution in [1.82, 2.24) is 4.31 Å². The predicted octanol–water partition coefficient (Wildman–Crippen LogP) is 3.27. The van der Waals surface area contributed by atoms with Gasteiger partial charge in [0, 0.05) is 10.6 Å². The molecule has 1 fully saturated rings. The molecule has 25 heavy (non-hydrogen) atoms. The molecule has 0 unspecified atom stereocenters. The second-order valence-corrected chi connectivity index (χ2v) is 8.01. The molecule has 0 bridgehead atoms. The molecule has 1 aromatic carbocycles. The van der Waals surface area contributed by atoms with Crippen LogP contribution in [0, 0.1) is 5.41 Å². The Labute approximate surface area is 159 Å². The second-order valence-electron chi connectivity index (χ2n) is 5.74. The summed E-state index contributed by atoms with van der Waals surface area (Å²) in [7, 11) is -4.08. The summed E-state index contributed by atoms with van der Waals surface area (Å²) in [5.74, 6) is -1.93. The van der Waals surface area contributed by atoms with E-state index in [0.29, 0.717) is 9.33 Å². The Hall–Kier alpha value is -1.57. The Balaban J connectivity index is 0.00000312. The van der Waals surface area contributed by atoms with Crippen LogP contribution in [0.3, 0.4) is 0 Å². The first-order chi connectivity index (χ1) is 11.3. The van der Waals surface area contributed by atoms with Gasteiger partial charge in [-0.1, -0.05) is 30.5 Å². The number of nitrogens with two attached hydrogens (primary N) is 1. The normalized spacial score (nSPS) is 14.6. The molecule has 1 aliphatic rings. The topological polar surface area (TPSA) is 104 Å². The summed E-state index contributed by atoms with van der Waals surface area (Å²) in [5.41, 5.74) is 6.31. The summed E-state index contributed by atoms with van der Waals surface area (Å²) in [6.07, 6.45) is 5.33. The van der Waals surface area contributed by atoms with Crippen molar-refractivity contribution in [3.05, 3.63) is 47.0 Å². The molecule has 1 saturated carbocycles. The van der Waals surface area contributed by atoms with Crippen molar-refractivity contribution in [2.45, 2.75) is 31.6 Å². The average Bonchev–Trinajstić information content (AvgIpc) is 3.00. The fourth-order valence-electron chi connectivity index (χ4n) is 2.95. The van der Waals surface area contributed by atoms with Crippen LogP contribution in [0.1, 0.15) is 47.5 Å². The lowest BCUT2D eigenvalue weighted by atomic mass is 9.95. The molecule has 0 aromatic heterocycles. The first-order valence-electron chi connectivity index (χ1n) is 7.59. The number of halogens is 2. The number of rotatable bonds is 5. The molecule has 1 aromatic rings. The van der Waals surface area contributed by atoms with E-state index in [2.05, 4.69) is 6.58 Å². The molecule has 0 radical (unpaired) electrons. The van der Waals surface area contributed by atoms with Gasteiger partial charge in [-0.15, -0.1) is 19.0 Å². The third-order valence-corrected chi connectivity index (χ3v) is 5.97. The fraction of sp³-hybridized carbons (Fsp3) is 0.375. The van der Waals surface area contributed by atoms with Gasteiger partial charge in [0.1, 0.15) is 0 Å². The molecule has 3 N–H and O–H groups in total. The molecule has 1 amide bonds. The van der Waals surface area contributed by atoms with Crippen LogP contribution in [0.25, 0.3) is 0 Å². The molecular formula is C16H21Cl2N3O3S. The third-order valence-electron chi connectivity index (χ3n) is 4.05. The van der Waals surface area contributed by atoms with Crippen LogP contribution < -0.4 is 5.73 Å². The van der Waals surface area contributed by atoms with Crippen molar-refractivity contribution in [2.75, 3.05) is 5.75 Å². The molecule has 9 heteroatoms. The number of carbonyl (C=O) groups excluding carboxylic acids is 1. The molecule has 6 nitrogen and oxygen atoms in total. The highest BCUT2D eigenvalue weighted by atomic mass is 35.5. The number of guanidine groups is 1. The van der Waals surface area contributed by atoms with Crippen molar-refractivity contribution in [3.63, 3.8) is 0 Å². The summed E-state index contributed by atoms with van der Waals surface area (Å²) in [4.78, 5) is 12.6. The highest BCUT2D eigenvalue weighted by Crippen LogP contribution is 2.38. The van der Waals surface area contributed by atoms with Crippen LogP contribution in [0.15, 0.2) is 30.9 Å². The molecule has 0 aliphatic heterocycles. The van der Waals surface area contributed by atoms with Crippen LogP contribution in [0.2, 0.25) is 5.02 Å². The van der Waals surface area contributed by atoms with E-state index in [-0.39, 0.29) is 23.9 Å². The van der Waals surface area contributed by atoms with Crippen molar-refractivity contribution < 1.29 is 13.2 Å². The zero-order valence-electron chi connectivity index (χ0n) is 13.6. The number of benzene rings is 1. The molecule has 0 heterocycles. The minimum Gasteiger partial charge on any atom is -0.369 e. The molecule has 0 spiro atoms. The SMILES string of the molecule is C=CCS(=O)(=O)N(C(=N)N)C(=O)c1ccc(Cl)c(C2CCCC2)c1.Cl. The summed E-state index contributed by atoms with van der Waals surface area (Å²) < 4.78 is 24.7. The summed E-state index contributed by atoms with van der Waals surface area (Å²) in [6.45, 7) is 3.35. The Morgan fingerprint density at radius 1 is 1.40 bits per heavy atom. The molecule has 138 valence electrons. The molecule has 2 rings (SSSR count). The monoisotopic (exact) mass is 405 g/mol. The maximum atomic E-state index is 12.6. The van der Waals surface area contributed by atoms with E-state index in [1.165, 1.54) is 6.07 Å². The number of nitrogens with zero attached hydrogens (tertiary/aromatic N) is 1. The smallest absolute Gasteiger partial charge is 0.274 e. The second kappa shape index (κ2) is 8.69. The van der Waals surface area contributed by atoms with Gasteiger partial charge in [0.25, 0.3) is 5.91 Å². The number of sulfonamides is 1. The standard InChI is InChI=1S/C16H20ClN3O3S.ClH/c1-2-9-24(22,23)20(16(18)19)15(21)12-7-8-14(17)13(10-12)11-5-3-4-6-11;/h2,7-8,10-11H,1,3-6,9H2,(H3,18,19);1H. The first kappa shape index (κ1) is 21.5. The van der Waals surface area contributed by atoms with Gasteiger partial charge in [-0.05, 0) is 42.5 Å². The van der Waals surface area contributed by atoms with E-state index in [0.717, 1.165) is 37.3 Å². The summed E-state index contributed by atoms with van der Waals surface area (Å²) in [5, 5.41) is 8.03. The number of amides is 1. The predicted molar refractivity (Wildman–Crippen MR) is 102 cm³/mol. The quantitative estimate of drug-likeness (QED) is 0.445. The lowest BCUT2D eigenvalue weighted by Gasteiger charge is -2.21. The minimum atomic E-state index is -4.08. The fourth-order valence-corrected chi connectivity index (χ4v) is 4.33. The van der Waals surface area contributed by atoms with Crippen molar-refractivity contribution in [3.8, 4) is 0 Å². The number of hydrogen-bond donors (Lipinski definition) is 2. The number of hydrogen-bond acceptors (Lipinski definition) is 4. The van der Waals surface area contributed by atoms with Crippen molar-refractivity contribution in [2.24, 2.45) is 5.73 Å². The van der Waals surface area contributed by atoms with E-state index in [9.17, 15) is 13.2 Å². The number of carbonyl (C=O) groups is 1. The Kier molecular flexibility index (Phi) is 7.46. The lowest BCUT2D eigenvalue weighted by molar-refractivity contribution is 0.0912. The van der Waals surface area contributed by atoms with Gasteiger partial charge in [0.15, 0.2) is 0 Å². The Morgan fingerprint density at radius 2 is 2.00 bits per heavy atom. The van der Waals surface area contributed by atoms with Crippen LogP contribution in [0.4, 0.5) is 0 Å². The zero-order chi connectivity index (χ0) is 17.9. The van der Waals surface area contributed by atoms with Gasteiger partial charge in [-0.2, -0.15) is 4.31 Å². The Morgan fingerprint density at radius 3 is 2.52 bits per heavy atom. The van der Waals surface area contributed by atoms with Crippen LogP contribution in [0.5, 0.6) is 0 Å². The number of nitrogens with one attached hydrogen (secondary N) is 1. The zero-order valence-corrected chi connectivity index (χ0v) is 16.0. The summed E-state index contributed by atoms with van der Waals surface area (Å²) in [6, 6.07) is 4.64. The summed E-state index contributed by atoms with van der Waals surface area (Å²) >= 11 is 6.24. The molecule has 0 saturated heterocycles.